The van der Waals surface area contributed by atoms with Crippen LogP contribution in [0.4, 0.5) is 4.79 Å². The van der Waals surface area contributed by atoms with Crippen LogP contribution < -0.4 is 5.32 Å². The number of rotatable bonds is 3. The van der Waals surface area contributed by atoms with E-state index in [-0.39, 0.29) is 12.1 Å². The third-order valence-electron chi connectivity index (χ3n) is 4.99. The van der Waals surface area contributed by atoms with Crippen LogP contribution in [0.5, 0.6) is 0 Å². The van der Waals surface area contributed by atoms with E-state index in [1.807, 2.05) is 20.8 Å². The van der Waals surface area contributed by atoms with E-state index in [1.165, 1.54) is 5.56 Å². The van der Waals surface area contributed by atoms with Gasteiger partial charge in [0.25, 0.3) is 0 Å². The van der Waals surface area contributed by atoms with Gasteiger partial charge >= 0.3 is 6.09 Å². The van der Waals surface area contributed by atoms with Crippen molar-refractivity contribution in [1.82, 2.24) is 10.2 Å². The Balaban J connectivity index is 1.99. The number of carbonyl (C=O) groups excluding carboxylic acids is 1. The molecular weight excluding hydrogens is 300 g/mol. The third-order valence-corrected chi connectivity index (χ3v) is 4.99. The second-order valence-corrected chi connectivity index (χ2v) is 8.10. The van der Waals surface area contributed by atoms with Crippen molar-refractivity contribution in [1.29, 1.82) is 0 Å². The summed E-state index contributed by atoms with van der Waals surface area (Å²) in [5.41, 5.74) is 0.875. The first-order valence-corrected chi connectivity index (χ1v) is 8.96. The van der Waals surface area contributed by atoms with Crippen LogP contribution in [0, 0.1) is 5.92 Å². The Morgan fingerprint density at radius 2 is 1.83 bits per heavy atom. The molecule has 134 valence electrons. The predicted molar refractivity (Wildman–Crippen MR) is 97.8 cm³/mol. The maximum absolute atomic E-state index is 12.1. The first-order valence-electron chi connectivity index (χ1n) is 8.96. The molecule has 1 N–H and O–H groups in total. The lowest BCUT2D eigenvalue weighted by molar-refractivity contribution is 0.0184. The molecule has 1 aliphatic heterocycles. The number of alkyl carbamates (subject to hydrolysis) is 1. The van der Waals surface area contributed by atoms with Crippen molar-refractivity contribution in [3.05, 3.63) is 35.9 Å². The minimum Gasteiger partial charge on any atom is -0.444 e. The normalized spacial score (nSPS) is 28.4. The van der Waals surface area contributed by atoms with Crippen LogP contribution in [-0.4, -0.2) is 34.7 Å². The summed E-state index contributed by atoms with van der Waals surface area (Å²) >= 11 is 0. The number of nitrogens with zero attached hydrogens (tertiary/aromatic N) is 1. The molecule has 1 fully saturated rings. The van der Waals surface area contributed by atoms with Crippen LogP contribution in [0.15, 0.2) is 30.3 Å². The van der Waals surface area contributed by atoms with Crippen molar-refractivity contribution < 1.29 is 9.53 Å². The molecule has 2 rings (SSSR count). The van der Waals surface area contributed by atoms with Gasteiger partial charge in [0, 0.05) is 24.7 Å². The number of nitrogens with one attached hydrogen (secondary N) is 1. The Bertz CT molecular complexity index is 538. The van der Waals surface area contributed by atoms with E-state index in [2.05, 4.69) is 61.3 Å². The zero-order valence-electron chi connectivity index (χ0n) is 15.9. The van der Waals surface area contributed by atoms with Crippen molar-refractivity contribution >= 4 is 6.09 Å². The molecule has 0 unspecified atom stereocenters. The van der Waals surface area contributed by atoms with Crippen LogP contribution in [0.2, 0.25) is 0 Å². The van der Waals surface area contributed by atoms with Crippen LogP contribution >= 0.6 is 0 Å². The standard InChI is InChI=1S/C20H32N2O2/c1-14-12-18(21-19(23)24-20(4,5)6)15(2)16(3)22(14)13-17-10-8-7-9-11-17/h7-11,14-16,18H,12-13H2,1-6H3,(H,21,23)/t14-,15+,16-,18-/m1/s1. The highest BCUT2D eigenvalue weighted by Crippen LogP contribution is 2.29. The molecule has 4 atom stereocenters. The summed E-state index contributed by atoms with van der Waals surface area (Å²) in [7, 11) is 0. The molecular formula is C20H32N2O2. The molecule has 24 heavy (non-hydrogen) atoms. The van der Waals surface area contributed by atoms with Gasteiger partial charge in [-0.05, 0) is 52.5 Å². The molecule has 0 aromatic heterocycles. The summed E-state index contributed by atoms with van der Waals surface area (Å²) in [6.45, 7) is 13.3. The van der Waals surface area contributed by atoms with E-state index in [0.717, 1.165) is 13.0 Å². The maximum Gasteiger partial charge on any atom is 0.407 e. The number of ether oxygens (including phenoxy) is 1. The summed E-state index contributed by atoms with van der Waals surface area (Å²) in [6, 6.07) is 11.5. The van der Waals surface area contributed by atoms with Crippen molar-refractivity contribution in [2.24, 2.45) is 5.92 Å². The van der Waals surface area contributed by atoms with Crippen LogP contribution in [0.1, 0.15) is 53.5 Å². The molecule has 1 aromatic carbocycles. The van der Waals surface area contributed by atoms with Crippen LogP contribution in [0.25, 0.3) is 0 Å². The summed E-state index contributed by atoms with van der Waals surface area (Å²) < 4.78 is 5.42. The molecule has 0 bridgehead atoms. The molecule has 1 aromatic rings. The van der Waals surface area contributed by atoms with Gasteiger partial charge in [0.05, 0.1) is 0 Å². The molecule has 1 saturated heterocycles. The number of likely N-dealkylation sites (tertiary alicyclic amines) is 1. The van der Waals surface area contributed by atoms with Crippen molar-refractivity contribution in [3.8, 4) is 0 Å². The van der Waals surface area contributed by atoms with E-state index in [4.69, 9.17) is 4.74 Å². The smallest absolute Gasteiger partial charge is 0.407 e. The van der Waals surface area contributed by atoms with E-state index < -0.39 is 5.60 Å². The van der Waals surface area contributed by atoms with Crippen molar-refractivity contribution in [2.75, 3.05) is 0 Å². The molecule has 1 amide bonds. The molecule has 0 saturated carbocycles. The summed E-state index contributed by atoms with van der Waals surface area (Å²) in [6.07, 6.45) is 0.632. The van der Waals surface area contributed by atoms with E-state index in [0.29, 0.717) is 18.0 Å². The Hall–Kier alpha value is -1.55. The van der Waals surface area contributed by atoms with Gasteiger partial charge in [0.15, 0.2) is 0 Å². The van der Waals surface area contributed by atoms with Gasteiger partial charge in [-0.1, -0.05) is 37.3 Å². The minimum atomic E-state index is -0.460. The monoisotopic (exact) mass is 332 g/mol. The van der Waals surface area contributed by atoms with Crippen LogP contribution in [-0.2, 0) is 11.3 Å². The number of amides is 1. The average molecular weight is 332 g/mol. The Morgan fingerprint density at radius 1 is 1.21 bits per heavy atom. The fourth-order valence-corrected chi connectivity index (χ4v) is 3.50. The van der Waals surface area contributed by atoms with E-state index in [1.54, 1.807) is 0 Å². The van der Waals surface area contributed by atoms with Gasteiger partial charge in [-0.15, -0.1) is 0 Å². The SMILES string of the molecule is C[C@H]1[C@@H](C)N(Cc2ccccc2)[C@H](C)C[C@H]1NC(=O)OC(C)(C)C. The van der Waals surface area contributed by atoms with Gasteiger partial charge < -0.3 is 10.1 Å². The van der Waals surface area contributed by atoms with Gasteiger partial charge in [-0.25, -0.2) is 4.79 Å². The van der Waals surface area contributed by atoms with Gasteiger partial charge in [0.1, 0.15) is 5.60 Å². The highest BCUT2D eigenvalue weighted by atomic mass is 16.6. The van der Waals surface area contributed by atoms with Crippen molar-refractivity contribution in [2.45, 2.75) is 78.2 Å². The average Bonchev–Trinajstić information content (AvgIpc) is 2.48. The largest absolute Gasteiger partial charge is 0.444 e. The number of carbonyl (C=O) groups is 1. The number of hydrogen-bond acceptors (Lipinski definition) is 3. The highest BCUT2D eigenvalue weighted by Gasteiger charge is 2.37. The first-order chi connectivity index (χ1) is 11.2. The zero-order chi connectivity index (χ0) is 17.9. The van der Waals surface area contributed by atoms with Crippen molar-refractivity contribution in [3.63, 3.8) is 0 Å². The molecule has 1 aliphatic rings. The van der Waals surface area contributed by atoms with Gasteiger partial charge in [-0.3, -0.25) is 4.90 Å². The fourth-order valence-electron chi connectivity index (χ4n) is 3.50. The Morgan fingerprint density at radius 3 is 2.42 bits per heavy atom. The van der Waals surface area contributed by atoms with Gasteiger partial charge in [0.2, 0.25) is 0 Å². The van der Waals surface area contributed by atoms with E-state index >= 15 is 0 Å². The van der Waals surface area contributed by atoms with E-state index in [9.17, 15) is 4.79 Å². The lowest BCUT2D eigenvalue weighted by atomic mass is 9.83. The first kappa shape index (κ1) is 18.8. The lowest BCUT2D eigenvalue weighted by Gasteiger charge is -2.47. The fraction of sp³-hybridized carbons (Fsp3) is 0.650. The Kier molecular flexibility index (Phi) is 5.92. The number of benzene rings is 1. The molecule has 1 heterocycles. The molecule has 0 radical (unpaired) electrons. The molecule has 4 nitrogen and oxygen atoms in total. The molecule has 0 aliphatic carbocycles. The zero-order valence-corrected chi connectivity index (χ0v) is 15.9. The second kappa shape index (κ2) is 7.56. The third kappa shape index (κ3) is 4.97. The lowest BCUT2D eigenvalue weighted by Crippen LogP contribution is -2.57. The summed E-state index contributed by atoms with van der Waals surface area (Å²) in [4.78, 5) is 14.6. The Labute approximate surface area is 146 Å². The maximum atomic E-state index is 12.1. The molecule has 4 heteroatoms. The number of piperidine rings is 1. The summed E-state index contributed by atoms with van der Waals surface area (Å²) in [5, 5.41) is 3.08. The quantitative estimate of drug-likeness (QED) is 0.902. The predicted octanol–water partition coefficient (Wildman–Crippen LogP) is 4.20. The number of hydrogen-bond donors (Lipinski definition) is 1. The van der Waals surface area contributed by atoms with Gasteiger partial charge in [-0.2, -0.15) is 0 Å². The molecule has 0 spiro atoms. The summed E-state index contributed by atoms with van der Waals surface area (Å²) in [5.74, 6) is 0.373. The topological polar surface area (TPSA) is 41.6 Å². The highest BCUT2D eigenvalue weighted by molar-refractivity contribution is 5.68. The minimum absolute atomic E-state index is 0.150. The van der Waals surface area contributed by atoms with Crippen LogP contribution in [0.3, 0.4) is 0 Å². The second-order valence-electron chi connectivity index (χ2n) is 8.10.